The van der Waals surface area contributed by atoms with Crippen LogP contribution >= 0.6 is 11.6 Å². The predicted molar refractivity (Wildman–Crippen MR) is 142 cm³/mol. The molecule has 0 spiro atoms. The maximum absolute atomic E-state index is 12.7. The van der Waals surface area contributed by atoms with Gasteiger partial charge in [-0.2, -0.15) is 0 Å². The summed E-state index contributed by atoms with van der Waals surface area (Å²) in [6, 6.07) is 15.7. The Hall–Kier alpha value is -2.93. The molecule has 1 saturated heterocycles. The van der Waals surface area contributed by atoms with Crippen molar-refractivity contribution >= 4 is 39.5 Å². The van der Waals surface area contributed by atoms with Crippen molar-refractivity contribution in [3.8, 4) is 11.3 Å². The van der Waals surface area contributed by atoms with Gasteiger partial charge >= 0.3 is 5.97 Å². The number of aromatic nitrogens is 2. The van der Waals surface area contributed by atoms with Gasteiger partial charge in [0.1, 0.15) is 0 Å². The van der Waals surface area contributed by atoms with E-state index in [1.807, 2.05) is 24.3 Å². The van der Waals surface area contributed by atoms with E-state index in [0.29, 0.717) is 21.8 Å². The van der Waals surface area contributed by atoms with E-state index in [4.69, 9.17) is 21.3 Å². The third kappa shape index (κ3) is 4.79. The van der Waals surface area contributed by atoms with Crippen LogP contribution in [0.4, 0.5) is 0 Å². The van der Waals surface area contributed by atoms with Gasteiger partial charge < -0.3 is 9.72 Å². The maximum atomic E-state index is 12.7. The van der Waals surface area contributed by atoms with E-state index in [1.54, 1.807) is 6.07 Å². The van der Waals surface area contributed by atoms with Crippen LogP contribution in [-0.2, 0) is 11.3 Å². The first-order valence-electron chi connectivity index (χ1n) is 12.0. The van der Waals surface area contributed by atoms with Crippen molar-refractivity contribution in [2.45, 2.75) is 32.9 Å². The van der Waals surface area contributed by atoms with Crippen LogP contribution in [0.1, 0.15) is 36.7 Å². The zero-order chi connectivity index (χ0) is 24.7. The van der Waals surface area contributed by atoms with Crippen molar-refractivity contribution < 1.29 is 9.53 Å². The molecule has 1 aliphatic rings. The van der Waals surface area contributed by atoms with E-state index >= 15 is 0 Å². The number of benzene rings is 2. The average molecular weight is 491 g/mol. The summed E-state index contributed by atoms with van der Waals surface area (Å²) < 4.78 is 5.09. The van der Waals surface area contributed by atoms with E-state index in [2.05, 4.69) is 53.8 Å². The molecule has 0 atom stereocenters. The zero-order valence-electron chi connectivity index (χ0n) is 20.7. The van der Waals surface area contributed by atoms with Gasteiger partial charge in [-0.05, 0) is 50.6 Å². The maximum Gasteiger partial charge on any atom is 0.340 e. The van der Waals surface area contributed by atoms with Crippen molar-refractivity contribution in [3.05, 3.63) is 64.7 Å². The molecule has 1 N–H and O–H groups in total. The number of nitrogens with one attached hydrogen (secondary N) is 1. The molecular weight excluding hydrogens is 460 g/mol. The summed E-state index contributed by atoms with van der Waals surface area (Å²) in [6.07, 6.45) is 0. The van der Waals surface area contributed by atoms with Crippen molar-refractivity contribution in [2.24, 2.45) is 0 Å². The fraction of sp³-hybridized carbons (Fsp3) is 0.357. The fourth-order valence-corrected chi connectivity index (χ4v) is 5.09. The summed E-state index contributed by atoms with van der Waals surface area (Å²) >= 11 is 6.21. The normalized spacial score (nSPS) is 15.7. The van der Waals surface area contributed by atoms with E-state index in [9.17, 15) is 4.79 Å². The number of pyridine rings is 1. The standard InChI is InChI=1S/C28H31ClN4O2/c1-28(2,3)33-12-10-32(11-13-33)17-18-8-9-21-24(14-18)31-26-22(27(34)35-4)16-23(30-25(21)26)19-6-5-7-20(29)15-19/h5-9,14-16,31H,10-13,17H2,1-4H3. The minimum Gasteiger partial charge on any atom is -0.465 e. The van der Waals surface area contributed by atoms with Gasteiger partial charge in [0.15, 0.2) is 0 Å². The molecule has 182 valence electrons. The average Bonchev–Trinajstić information content (AvgIpc) is 3.20. The summed E-state index contributed by atoms with van der Waals surface area (Å²) in [4.78, 5) is 26.1. The second-order valence-electron chi connectivity index (χ2n) is 10.2. The van der Waals surface area contributed by atoms with Gasteiger partial charge in [-0.1, -0.05) is 35.9 Å². The predicted octanol–water partition coefficient (Wildman–Crippen LogP) is 5.74. The second-order valence-corrected chi connectivity index (χ2v) is 10.7. The molecule has 4 aromatic rings. The lowest BCUT2D eigenvalue weighted by molar-refractivity contribution is 0.0590. The van der Waals surface area contributed by atoms with E-state index in [1.165, 1.54) is 12.7 Å². The highest BCUT2D eigenvalue weighted by Crippen LogP contribution is 2.32. The van der Waals surface area contributed by atoms with Crippen LogP contribution in [-0.4, -0.2) is 64.6 Å². The van der Waals surface area contributed by atoms with Gasteiger partial charge in [0.25, 0.3) is 0 Å². The van der Waals surface area contributed by atoms with Crippen LogP contribution in [0.2, 0.25) is 5.02 Å². The molecule has 0 aliphatic carbocycles. The Balaban J connectivity index is 1.50. The smallest absolute Gasteiger partial charge is 0.340 e. The number of rotatable bonds is 4. The molecule has 0 saturated carbocycles. The number of aromatic amines is 1. The Morgan fingerprint density at radius 3 is 2.54 bits per heavy atom. The number of halogens is 1. The Morgan fingerprint density at radius 1 is 1.09 bits per heavy atom. The van der Waals surface area contributed by atoms with Gasteiger partial charge in [-0.15, -0.1) is 0 Å². The van der Waals surface area contributed by atoms with Crippen LogP contribution in [0.5, 0.6) is 0 Å². The SMILES string of the molecule is COC(=O)c1cc(-c2cccc(Cl)c2)nc2c1[nH]c1cc(CN3CCN(C(C)(C)C)CC3)ccc12. The Bertz CT molecular complexity index is 1400. The largest absolute Gasteiger partial charge is 0.465 e. The minimum absolute atomic E-state index is 0.212. The van der Waals surface area contributed by atoms with Crippen LogP contribution in [0, 0.1) is 0 Å². The highest BCUT2D eigenvalue weighted by molar-refractivity contribution is 6.30. The third-order valence-electron chi connectivity index (χ3n) is 6.87. The lowest BCUT2D eigenvalue weighted by atomic mass is 10.0. The molecule has 0 amide bonds. The molecule has 2 aromatic carbocycles. The zero-order valence-corrected chi connectivity index (χ0v) is 21.4. The molecule has 2 aromatic heterocycles. The van der Waals surface area contributed by atoms with Gasteiger partial charge in [-0.3, -0.25) is 9.80 Å². The van der Waals surface area contributed by atoms with Gasteiger partial charge in [0.05, 0.1) is 29.4 Å². The van der Waals surface area contributed by atoms with Gasteiger partial charge in [0, 0.05) is 59.8 Å². The molecule has 5 rings (SSSR count). The summed E-state index contributed by atoms with van der Waals surface area (Å²) in [7, 11) is 1.40. The number of H-pyrrole nitrogens is 1. The van der Waals surface area contributed by atoms with Crippen molar-refractivity contribution in [1.29, 1.82) is 0 Å². The van der Waals surface area contributed by atoms with Gasteiger partial charge in [0.2, 0.25) is 0 Å². The molecule has 6 nitrogen and oxygen atoms in total. The lowest BCUT2D eigenvalue weighted by Crippen LogP contribution is -2.53. The van der Waals surface area contributed by atoms with Crippen molar-refractivity contribution in [1.82, 2.24) is 19.8 Å². The molecule has 0 radical (unpaired) electrons. The second kappa shape index (κ2) is 9.26. The molecule has 0 unspecified atom stereocenters. The Morgan fingerprint density at radius 2 is 1.86 bits per heavy atom. The Labute approximate surface area is 210 Å². The topological polar surface area (TPSA) is 61.5 Å². The van der Waals surface area contributed by atoms with Gasteiger partial charge in [-0.25, -0.2) is 9.78 Å². The number of hydrogen-bond donors (Lipinski definition) is 1. The first-order valence-corrected chi connectivity index (χ1v) is 12.4. The van der Waals surface area contributed by atoms with E-state index < -0.39 is 5.97 Å². The highest BCUT2D eigenvalue weighted by Gasteiger charge is 2.26. The van der Waals surface area contributed by atoms with Crippen LogP contribution in [0.3, 0.4) is 0 Å². The van der Waals surface area contributed by atoms with Crippen molar-refractivity contribution in [3.63, 3.8) is 0 Å². The first-order chi connectivity index (χ1) is 16.7. The number of esters is 1. The molecule has 0 bridgehead atoms. The number of methoxy groups -OCH3 is 1. The monoisotopic (exact) mass is 490 g/mol. The molecule has 35 heavy (non-hydrogen) atoms. The number of hydrogen-bond acceptors (Lipinski definition) is 5. The molecule has 1 fully saturated rings. The number of nitrogens with zero attached hydrogens (tertiary/aromatic N) is 3. The fourth-order valence-electron chi connectivity index (χ4n) is 4.90. The number of carbonyl (C=O) groups excluding carboxylic acids is 1. The van der Waals surface area contributed by atoms with Crippen molar-refractivity contribution in [2.75, 3.05) is 33.3 Å². The van der Waals surface area contributed by atoms with Crippen LogP contribution < -0.4 is 0 Å². The summed E-state index contributed by atoms with van der Waals surface area (Å²) in [6.45, 7) is 12.0. The summed E-state index contributed by atoms with van der Waals surface area (Å²) in [5, 5.41) is 1.60. The van der Waals surface area contributed by atoms with E-state index in [0.717, 1.165) is 54.7 Å². The minimum atomic E-state index is -0.399. The van der Waals surface area contributed by atoms with Crippen LogP contribution in [0.25, 0.3) is 33.2 Å². The van der Waals surface area contributed by atoms with E-state index in [-0.39, 0.29) is 5.54 Å². The molecule has 3 heterocycles. The number of ether oxygens (including phenoxy) is 1. The quantitative estimate of drug-likeness (QED) is 0.370. The summed E-state index contributed by atoms with van der Waals surface area (Å²) in [5.74, 6) is -0.399. The highest BCUT2D eigenvalue weighted by atomic mass is 35.5. The molecule has 7 heteroatoms. The number of carbonyl (C=O) groups is 1. The Kier molecular flexibility index (Phi) is 6.30. The number of fused-ring (bicyclic) bond motifs is 3. The summed E-state index contributed by atoms with van der Waals surface area (Å²) in [5.41, 5.74) is 5.85. The van der Waals surface area contributed by atoms with Crippen LogP contribution in [0.15, 0.2) is 48.5 Å². The first kappa shape index (κ1) is 23.8. The molecular formula is C28H31ClN4O2. The lowest BCUT2D eigenvalue weighted by Gasteiger charge is -2.42. The molecule has 1 aliphatic heterocycles. The number of piperazine rings is 1. The third-order valence-corrected chi connectivity index (χ3v) is 7.11.